The third kappa shape index (κ3) is 4.73. The lowest BCUT2D eigenvalue weighted by molar-refractivity contribution is -0.274. The zero-order chi connectivity index (χ0) is 18.6. The summed E-state index contributed by atoms with van der Waals surface area (Å²) >= 11 is 5.80. The number of halogens is 4. The summed E-state index contributed by atoms with van der Waals surface area (Å²) in [5, 5.41) is 1.11. The standard InChI is InChI=1S/C20H19ClF3NO/c21-11-2-1-3-18(15-6-9-19-16(13-15)10-12-25-19)14-4-7-17(8-5-14)26-20(22,23)24/h4-10,12-13,18,25H,1-3,11H2. The van der Waals surface area contributed by atoms with E-state index in [9.17, 15) is 13.2 Å². The summed E-state index contributed by atoms with van der Waals surface area (Å²) < 4.78 is 41.0. The monoisotopic (exact) mass is 381 g/mol. The summed E-state index contributed by atoms with van der Waals surface area (Å²) in [5.41, 5.74) is 3.15. The number of unbranched alkanes of at least 4 members (excludes halogenated alkanes) is 1. The number of rotatable bonds is 7. The van der Waals surface area contributed by atoms with E-state index in [2.05, 4.69) is 21.9 Å². The molecule has 0 aliphatic carbocycles. The number of nitrogens with one attached hydrogen (secondary N) is 1. The van der Waals surface area contributed by atoms with Crippen molar-refractivity contribution in [3.8, 4) is 5.75 Å². The Morgan fingerprint density at radius 3 is 2.38 bits per heavy atom. The minimum absolute atomic E-state index is 0.0949. The number of hydrogen-bond donors (Lipinski definition) is 1. The third-order valence-electron chi connectivity index (χ3n) is 4.37. The highest BCUT2D eigenvalue weighted by atomic mass is 35.5. The van der Waals surface area contributed by atoms with Crippen LogP contribution in [-0.4, -0.2) is 17.2 Å². The lowest BCUT2D eigenvalue weighted by Gasteiger charge is -2.19. The number of fused-ring (bicyclic) bond motifs is 1. The van der Waals surface area contributed by atoms with Gasteiger partial charge in [0.25, 0.3) is 0 Å². The van der Waals surface area contributed by atoms with Crippen molar-refractivity contribution in [1.82, 2.24) is 4.98 Å². The number of ether oxygens (including phenoxy) is 1. The van der Waals surface area contributed by atoms with Crippen LogP contribution in [0.15, 0.2) is 54.7 Å². The first-order valence-electron chi connectivity index (χ1n) is 8.45. The molecule has 1 aromatic heterocycles. The molecule has 1 heterocycles. The fraction of sp³-hybridized carbons (Fsp3) is 0.300. The van der Waals surface area contributed by atoms with Crippen molar-refractivity contribution < 1.29 is 17.9 Å². The molecular weight excluding hydrogens is 363 g/mol. The minimum atomic E-state index is -4.68. The molecule has 0 bridgehead atoms. The first kappa shape index (κ1) is 18.6. The molecule has 1 atom stereocenters. The van der Waals surface area contributed by atoms with Gasteiger partial charge in [0.15, 0.2) is 0 Å². The molecule has 0 aliphatic heterocycles. The number of H-pyrrole nitrogens is 1. The van der Waals surface area contributed by atoms with E-state index in [1.165, 1.54) is 12.1 Å². The largest absolute Gasteiger partial charge is 0.573 e. The van der Waals surface area contributed by atoms with Crippen molar-refractivity contribution in [3.05, 3.63) is 65.9 Å². The molecule has 0 saturated carbocycles. The van der Waals surface area contributed by atoms with Crippen LogP contribution in [0.5, 0.6) is 5.75 Å². The van der Waals surface area contributed by atoms with E-state index in [1.54, 1.807) is 12.1 Å². The van der Waals surface area contributed by atoms with E-state index >= 15 is 0 Å². The number of hydrogen-bond acceptors (Lipinski definition) is 1. The number of aromatic amines is 1. The van der Waals surface area contributed by atoms with Gasteiger partial charge in [-0.1, -0.05) is 24.6 Å². The van der Waals surface area contributed by atoms with Crippen LogP contribution in [0.1, 0.15) is 36.3 Å². The highest BCUT2D eigenvalue weighted by Gasteiger charge is 2.31. The SMILES string of the molecule is FC(F)(F)Oc1ccc(C(CCCCCl)c2ccc3[nH]ccc3c2)cc1. The zero-order valence-electron chi connectivity index (χ0n) is 14.0. The Hall–Kier alpha value is -2.14. The van der Waals surface area contributed by atoms with Crippen molar-refractivity contribution in [1.29, 1.82) is 0 Å². The molecule has 2 nitrogen and oxygen atoms in total. The molecule has 1 unspecified atom stereocenters. The van der Waals surface area contributed by atoms with Crippen molar-refractivity contribution in [2.24, 2.45) is 0 Å². The van der Waals surface area contributed by atoms with Crippen molar-refractivity contribution in [2.75, 3.05) is 5.88 Å². The van der Waals surface area contributed by atoms with Gasteiger partial charge in [0.1, 0.15) is 5.75 Å². The molecule has 0 saturated heterocycles. The minimum Gasteiger partial charge on any atom is -0.406 e. The molecule has 0 fully saturated rings. The quantitative estimate of drug-likeness (QED) is 0.361. The van der Waals surface area contributed by atoms with Gasteiger partial charge in [-0.15, -0.1) is 24.8 Å². The van der Waals surface area contributed by atoms with Gasteiger partial charge >= 0.3 is 6.36 Å². The summed E-state index contributed by atoms with van der Waals surface area (Å²) in [5.74, 6) is 0.487. The molecule has 1 N–H and O–H groups in total. The van der Waals surface area contributed by atoms with Gasteiger partial charge in [-0.25, -0.2) is 0 Å². The Morgan fingerprint density at radius 1 is 0.962 bits per heavy atom. The second kappa shape index (κ2) is 8.04. The predicted molar refractivity (Wildman–Crippen MR) is 97.8 cm³/mol. The summed E-state index contributed by atoms with van der Waals surface area (Å²) in [6.45, 7) is 0. The van der Waals surface area contributed by atoms with E-state index in [0.717, 1.165) is 41.3 Å². The summed E-state index contributed by atoms with van der Waals surface area (Å²) in [7, 11) is 0. The average molecular weight is 382 g/mol. The number of alkyl halides is 4. The lowest BCUT2D eigenvalue weighted by Crippen LogP contribution is -2.17. The number of benzene rings is 2. The van der Waals surface area contributed by atoms with Crippen LogP contribution in [0.4, 0.5) is 13.2 Å². The molecule has 3 rings (SSSR count). The topological polar surface area (TPSA) is 25.0 Å². The average Bonchev–Trinajstić information content (AvgIpc) is 3.06. The van der Waals surface area contributed by atoms with Gasteiger partial charge in [-0.2, -0.15) is 0 Å². The maximum absolute atomic E-state index is 12.4. The van der Waals surface area contributed by atoms with Gasteiger partial charge in [0.05, 0.1) is 0 Å². The third-order valence-corrected chi connectivity index (χ3v) is 4.64. The van der Waals surface area contributed by atoms with Crippen LogP contribution in [0.25, 0.3) is 10.9 Å². The van der Waals surface area contributed by atoms with Crippen LogP contribution in [0, 0.1) is 0 Å². The summed E-state index contributed by atoms with van der Waals surface area (Å²) in [6, 6.07) is 14.4. The van der Waals surface area contributed by atoms with E-state index < -0.39 is 6.36 Å². The predicted octanol–water partition coefficient (Wildman–Crippen LogP) is 6.61. The Kier molecular flexibility index (Phi) is 5.77. The van der Waals surface area contributed by atoms with Crippen LogP contribution < -0.4 is 4.74 Å². The Balaban J connectivity index is 1.87. The molecular formula is C20H19ClF3NO. The Morgan fingerprint density at radius 2 is 1.69 bits per heavy atom. The van der Waals surface area contributed by atoms with E-state index in [1.807, 2.05) is 18.3 Å². The molecule has 0 radical (unpaired) electrons. The fourth-order valence-electron chi connectivity index (χ4n) is 3.16. The first-order valence-corrected chi connectivity index (χ1v) is 8.98. The smallest absolute Gasteiger partial charge is 0.406 e. The maximum Gasteiger partial charge on any atom is 0.573 e. The molecule has 3 aromatic rings. The fourth-order valence-corrected chi connectivity index (χ4v) is 3.35. The maximum atomic E-state index is 12.4. The van der Waals surface area contributed by atoms with Crippen molar-refractivity contribution in [2.45, 2.75) is 31.5 Å². The Bertz CT molecular complexity index is 842. The molecule has 2 aromatic carbocycles. The van der Waals surface area contributed by atoms with Crippen molar-refractivity contribution >= 4 is 22.5 Å². The van der Waals surface area contributed by atoms with E-state index in [0.29, 0.717) is 5.88 Å². The number of aromatic nitrogens is 1. The van der Waals surface area contributed by atoms with Crippen LogP contribution >= 0.6 is 11.6 Å². The summed E-state index contributed by atoms with van der Waals surface area (Å²) in [4.78, 5) is 3.17. The highest BCUT2D eigenvalue weighted by molar-refractivity contribution is 6.17. The van der Waals surface area contributed by atoms with Gasteiger partial charge in [-0.05, 0) is 59.7 Å². The molecule has 0 aliphatic rings. The first-order chi connectivity index (χ1) is 12.5. The molecule has 0 spiro atoms. The van der Waals surface area contributed by atoms with E-state index in [4.69, 9.17) is 11.6 Å². The van der Waals surface area contributed by atoms with Gasteiger partial charge in [-0.3, -0.25) is 0 Å². The second-order valence-corrected chi connectivity index (χ2v) is 6.56. The Labute approximate surface area is 154 Å². The van der Waals surface area contributed by atoms with Crippen LogP contribution in [-0.2, 0) is 0 Å². The highest BCUT2D eigenvalue weighted by Crippen LogP contribution is 2.33. The zero-order valence-corrected chi connectivity index (χ0v) is 14.8. The molecule has 138 valence electrons. The summed E-state index contributed by atoms with van der Waals surface area (Å²) in [6.07, 6.45) is -0.0667. The second-order valence-electron chi connectivity index (χ2n) is 6.18. The van der Waals surface area contributed by atoms with Crippen LogP contribution in [0.2, 0.25) is 0 Å². The van der Waals surface area contributed by atoms with Gasteiger partial charge in [0.2, 0.25) is 0 Å². The molecule has 26 heavy (non-hydrogen) atoms. The normalized spacial score (nSPS) is 13.1. The molecule has 6 heteroatoms. The molecule has 0 amide bonds. The van der Waals surface area contributed by atoms with Gasteiger partial charge < -0.3 is 9.72 Å². The van der Waals surface area contributed by atoms with Crippen LogP contribution in [0.3, 0.4) is 0 Å². The van der Waals surface area contributed by atoms with Gasteiger partial charge in [0, 0.05) is 23.5 Å². The van der Waals surface area contributed by atoms with E-state index in [-0.39, 0.29) is 11.7 Å². The van der Waals surface area contributed by atoms with Crippen molar-refractivity contribution in [3.63, 3.8) is 0 Å². The lowest BCUT2D eigenvalue weighted by atomic mass is 9.86.